The summed E-state index contributed by atoms with van der Waals surface area (Å²) in [5.74, 6) is 1.76. The number of nitrogens with one attached hydrogen (secondary N) is 1. The van der Waals surface area contributed by atoms with Crippen molar-refractivity contribution in [2.75, 3.05) is 38.3 Å². The summed E-state index contributed by atoms with van der Waals surface area (Å²) in [5, 5.41) is 3.12. The summed E-state index contributed by atoms with van der Waals surface area (Å²) in [6.45, 7) is 2.42. The molecule has 2 rings (SSSR count). The maximum Gasteiger partial charge on any atom is 0.161 e. The first-order valence-electron chi connectivity index (χ1n) is 6.31. The van der Waals surface area contributed by atoms with E-state index in [4.69, 9.17) is 9.47 Å². The number of ether oxygens (including phenoxy) is 2. The molecule has 0 fully saturated rings. The minimum absolute atomic E-state index is 0.175. The second kappa shape index (κ2) is 6.25. The van der Waals surface area contributed by atoms with E-state index in [9.17, 15) is 8.42 Å². The van der Waals surface area contributed by atoms with Crippen molar-refractivity contribution in [2.45, 2.75) is 6.42 Å². The zero-order chi connectivity index (χ0) is 13.7. The van der Waals surface area contributed by atoms with Crippen molar-refractivity contribution in [1.82, 2.24) is 5.32 Å². The van der Waals surface area contributed by atoms with Gasteiger partial charge in [0.2, 0.25) is 0 Å². The topological polar surface area (TPSA) is 64.6 Å². The number of hydrogen-bond acceptors (Lipinski definition) is 5. The zero-order valence-corrected chi connectivity index (χ0v) is 11.8. The van der Waals surface area contributed by atoms with Crippen LogP contribution in [0.25, 0.3) is 0 Å². The molecule has 6 heteroatoms. The molecule has 0 aromatic heterocycles. The molecule has 0 bridgehead atoms. The Morgan fingerprint density at radius 1 is 1.16 bits per heavy atom. The van der Waals surface area contributed by atoms with E-state index in [0.29, 0.717) is 19.8 Å². The van der Waals surface area contributed by atoms with E-state index < -0.39 is 9.84 Å². The van der Waals surface area contributed by atoms with Crippen LogP contribution in [-0.2, 0) is 16.3 Å². The lowest BCUT2D eigenvalue weighted by Gasteiger charge is -2.18. The fraction of sp³-hybridized carbons (Fsp3) is 0.538. The zero-order valence-electron chi connectivity index (χ0n) is 11.0. The summed E-state index contributed by atoms with van der Waals surface area (Å²) in [7, 11) is -2.88. The van der Waals surface area contributed by atoms with Crippen LogP contribution < -0.4 is 14.8 Å². The van der Waals surface area contributed by atoms with Crippen molar-refractivity contribution in [3.63, 3.8) is 0 Å². The quantitative estimate of drug-likeness (QED) is 0.777. The highest BCUT2D eigenvalue weighted by Gasteiger charge is 2.11. The molecule has 0 saturated carbocycles. The van der Waals surface area contributed by atoms with Crippen molar-refractivity contribution in [3.05, 3.63) is 23.8 Å². The molecule has 1 N–H and O–H groups in total. The molecular weight excluding hydrogens is 266 g/mol. The Balaban J connectivity index is 1.77. The van der Waals surface area contributed by atoms with Gasteiger partial charge in [0.15, 0.2) is 11.5 Å². The molecule has 0 saturated heterocycles. The van der Waals surface area contributed by atoms with Crippen molar-refractivity contribution < 1.29 is 17.9 Å². The van der Waals surface area contributed by atoms with Gasteiger partial charge in [-0.1, -0.05) is 6.07 Å². The number of hydrogen-bond donors (Lipinski definition) is 1. The van der Waals surface area contributed by atoms with Crippen LogP contribution in [0.3, 0.4) is 0 Å². The predicted molar refractivity (Wildman–Crippen MR) is 73.7 cm³/mol. The molecule has 19 heavy (non-hydrogen) atoms. The Hall–Kier alpha value is -1.27. The van der Waals surface area contributed by atoms with Gasteiger partial charge < -0.3 is 14.8 Å². The summed E-state index contributed by atoms with van der Waals surface area (Å²) in [4.78, 5) is 0. The van der Waals surface area contributed by atoms with Crippen LogP contribution in [0.15, 0.2) is 18.2 Å². The molecular formula is C13H19NO4S. The van der Waals surface area contributed by atoms with E-state index in [1.807, 2.05) is 18.2 Å². The van der Waals surface area contributed by atoms with Crippen LogP contribution in [-0.4, -0.2) is 46.7 Å². The van der Waals surface area contributed by atoms with E-state index >= 15 is 0 Å². The van der Waals surface area contributed by atoms with Crippen LogP contribution in [0, 0.1) is 0 Å². The monoisotopic (exact) mass is 285 g/mol. The summed E-state index contributed by atoms with van der Waals surface area (Å²) in [6.07, 6.45) is 2.08. The minimum Gasteiger partial charge on any atom is -0.486 e. The fourth-order valence-corrected chi connectivity index (χ4v) is 2.37. The van der Waals surface area contributed by atoms with E-state index in [1.54, 1.807) is 0 Å². The van der Waals surface area contributed by atoms with E-state index in [2.05, 4.69) is 5.32 Å². The molecule has 5 nitrogen and oxygen atoms in total. The van der Waals surface area contributed by atoms with Crippen LogP contribution in [0.5, 0.6) is 11.5 Å². The molecule has 1 aliphatic rings. The molecule has 1 aromatic carbocycles. The summed E-state index contributed by atoms with van der Waals surface area (Å²) < 4.78 is 32.9. The number of rotatable bonds is 6. The van der Waals surface area contributed by atoms with Gasteiger partial charge in [0.1, 0.15) is 23.1 Å². The maximum absolute atomic E-state index is 11.0. The Labute approximate surface area is 113 Å². The first-order valence-corrected chi connectivity index (χ1v) is 8.38. The normalized spacial score (nSPS) is 14.4. The third-order valence-electron chi connectivity index (χ3n) is 2.85. The second-order valence-electron chi connectivity index (χ2n) is 4.61. The molecule has 1 heterocycles. The Morgan fingerprint density at radius 3 is 2.63 bits per heavy atom. The van der Waals surface area contributed by atoms with Gasteiger partial charge in [-0.2, -0.15) is 0 Å². The van der Waals surface area contributed by atoms with Crippen LogP contribution in [0.1, 0.15) is 5.56 Å². The van der Waals surface area contributed by atoms with Crippen molar-refractivity contribution in [2.24, 2.45) is 0 Å². The molecule has 0 radical (unpaired) electrons. The Kier molecular flexibility index (Phi) is 4.66. The van der Waals surface area contributed by atoms with Gasteiger partial charge in [0, 0.05) is 12.8 Å². The largest absolute Gasteiger partial charge is 0.486 e. The molecule has 0 unspecified atom stereocenters. The highest BCUT2D eigenvalue weighted by atomic mass is 32.2. The lowest BCUT2D eigenvalue weighted by molar-refractivity contribution is 0.171. The standard InChI is InChI=1S/C13H19NO4S/c1-19(15,16)9-6-14-5-4-11-2-3-12-13(10-11)18-8-7-17-12/h2-3,10,14H,4-9H2,1H3. The fourth-order valence-electron chi connectivity index (χ4n) is 1.86. The van der Waals surface area contributed by atoms with E-state index in [1.165, 1.54) is 6.26 Å². The molecule has 0 spiro atoms. The summed E-state index contributed by atoms with van der Waals surface area (Å²) in [6, 6.07) is 5.90. The Morgan fingerprint density at radius 2 is 1.89 bits per heavy atom. The molecule has 106 valence electrons. The van der Waals surface area contributed by atoms with Gasteiger partial charge in [-0.05, 0) is 30.7 Å². The average molecular weight is 285 g/mol. The Bertz CT molecular complexity index is 527. The van der Waals surface area contributed by atoms with Crippen molar-refractivity contribution in [1.29, 1.82) is 0 Å². The van der Waals surface area contributed by atoms with Gasteiger partial charge in [-0.25, -0.2) is 8.42 Å². The molecule has 1 aliphatic heterocycles. The van der Waals surface area contributed by atoms with Crippen molar-refractivity contribution >= 4 is 9.84 Å². The predicted octanol–water partition coefficient (Wildman–Crippen LogP) is 0.634. The van der Waals surface area contributed by atoms with Gasteiger partial charge >= 0.3 is 0 Å². The van der Waals surface area contributed by atoms with Gasteiger partial charge in [0.25, 0.3) is 0 Å². The van der Waals surface area contributed by atoms with Gasteiger partial charge in [0.05, 0.1) is 5.75 Å². The SMILES string of the molecule is CS(=O)(=O)CCNCCc1ccc2c(c1)OCCO2. The molecule has 0 aliphatic carbocycles. The van der Waals surface area contributed by atoms with Crippen molar-refractivity contribution in [3.8, 4) is 11.5 Å². The van der Waals surface area contributed by atoms with E-state index in [-0.39, 0.29) is 5.75 Å². The molecule has 0 amide bonds. The lowest BCUT2D eigenvalue weighted by atomic mass is 10.1. The van der Waals surface area contributed by atoms with E-state index in [0.717, 1.165) is 30.0 Å². The van der Waals surface area contributed by atoms with Gasteiger partial charge in [-0.15, -0.1) is 0 Å². The lowest BCUT2D eigenvalue weighted by Crippen LogP contribution is -2.24. The third kappa shape index (κ3) is 4.72. The maximum atomic E-state index is 11.0. The highest BCUT2D eigenvalue weighted by molar-refractivity contribution is 7.90. The number of sulfone groups is 1. The smallest absolute Gasteiger partial charge is 0.161 e. The third-order valence-corrected chi connectivity index (χ3v) is 3.79. The first-order chi connectivity index (χ1) is 9.04. The number of fused-ring (bicyclic) bond motifs is 1. The first kappa shape index (κ1) is 14.1. The van der Waals surface area contributed by atoms with Crippen LogP contribution in [0.4, 0.5) is 0 Å². The summed E-state index contributed by atoms with van der Waals surface area (Å²) >= 11 is 0. The molecule has 1 aromatic rings. The molecule has 0 atom stereocenters. The summed E-state index contributed by atoms with van der Waals surface area (Å²) in [5.41, 5.74) is 1.15. The average Bonchev–Trinajstić information content (AvgIpc) is 2.37. The highest BCUT2D eigenvalue weighted by Crippen LogP contribution is 2.30. The minimum atomic E-state index is -2.88. The second-order valence-corrected chi connectivity index (χ2v) is 6.87. The number of benzene rings is 1. The van der Waals surface area contributed by atoms with Crippen LogP contribution >= 0.6 is 0 Å². The van der Waals surface area contributed by atoms with Crippen LogP contribution in [0.2, 0.25) is 0 Å². The van der Waals surface area contributed by atoms with Gasteiger partial charge in [-0.3, -0.25) is 0 Å².